The van der Waals surface area contributed by atoms with Crippen LogP contribution in [0.1, 0.15) is 29.5 Å². The molecular formula is C20H24FN3O2. The first-order valence-electron chi connectivity index (χ1n) is 8.85. The predicted molar refractivity (Wildman–Crippen MR) is 98.5 cm³/mol. The molecule has 0 radical (unpaired) electrons. The molecule has 0 aliphatic carbocycles. The van der Waals surface area contributed by atoms with Crippen molar-refractivity contribution >= 4 is 11.6 Å². The molecule has 1 unspecified atom stereocenters. The molecule has 2 aromatic rings. The third-order valence-corrected chi connectivity index (χ3v) is 4.53. The van der Waals surface area contributed by atoms with Gasteiger partial charge >= 0.3 is 0 Å². The van der Waals surface area contributed by atoms with Gasteiger partial charge in [-0.1, -0.05) is 12.1 Å². The molecule has 0 spiro atoms. The lowest BCUT2D eigenvalue weighted by Gasteiger charge is -2.33. The maximum Gasteiger partial charge on any atom is 0.223 e. The van der Waals surface area contributed by atoms with Gasteiger partial charge in [-0.25, -0.2) is 4.39 Å². The molecule has 0 saturated carbocycles. The summed E-state index contributed by atoms with van der Waals surface area (Å²) >= 11 is 0. The van der Waals surface area contributed by atoms with Crippen LogP contribution in [0.3, 0.4) is 0 Å². The normalized spacial score (nSPS) is 17.2. The van der Waals surface area contributed by atoms with Gasteiger partial charge in [0.05, 0.1) is 18.8 Å². The number of carbonyl (C=O) groups excluding carboxylic acids is 1. The minimum absolute atomic E-state index is 0.0593. The van der Waals surface area contributed by atoms with Crippen molar-refractivity contribution in [2.45, 2.75) is 25.9 Å². The molecule has 6 heteroatoms. The lowest BCUT2D eigenvalue weighted by Crippen LogP contribution is -2.42. The van der Waals surface area contributed by atoms with E-state index in [-0.39, 0.29) is 17.8 Å². The monoisotopic (exact) mass is 357 g/mol. The number of halogens is 1. The number of rotatable bonds is 5. The second-order valence-electron chi connectivity index (χ2n) is 6.50. The van der Waals surface area contributed by atoms with E-state index in [1.165, 1.54) is 12.1 Å². The van der Waals surface area contributed by atoms with Crippen LogP contribution in [-0.2, 0) is 16.0 Å². The van der Waals surface area contributed by atoms with Crippen LogP contribution in [0.2, 0.25) is 0 Å². The molecule has 3 rings (SSSR count). The van der Waals surface area contributed by atoms with Crippen LogP contribution < -0.4 is 5.32 Å². The van der Waals surface area contributed by atoms with E-state index in [4.69, 9.17) is 4.74 Å². The van der Waals surface area contributed by atoms with Crippen molar-refractivity contribution in [3.05, 3.63) is 59.2 Å². The number of ether oxygens (including phenoxy) is 1. The Labute approximate surface area is 153 Å². The van der Waals surface area contributed by atoms with Gasteiger partial charge in [0.1, 0.15) is 11.9 Å². The molecule has 5 nitrogen and oxygen atoms in total. The highest BCUT2D eigenvalue weighted by molar-refractivity contribution is 5.76. The van der Waals surface area contributed by atoms with Gasteiger partial charge in [-0.05, 0) is 43.2 Å². The van der Waals surface area contributed by atoms with E-state index >= 15 is 0 Å². The maximum absolute atomic E-state index is 13.3. The molecule has 1 amide bonds. The molecule has 2 heterocycles. The molecule has 1 atom stereocenters. The summed E-state index contributed by atoms with van der Waals surface area (Å²) in [6.07, 6.45) is 0.665. The van der Waals surface area contributed by atoms with Crippen LogP contribution in [0.5, 0.6) is 0 Å². The first kappa shape index (κ1) is 18.3. The average molecular weight is 357 g/mol. The number of pyridine rings is 1. The van der Waals surface area contributed by atoms with Gasteiger partial charge in [0.2, 0.25) is 5.91 Å². The fourth-order valence-corrected chi connectivity index (χ4v) is 3.16. The van der Waals surface area contributed by atoms with Gasteiger partial charge in [-0.2, -0.15) is 0 Å². The van der Waals surface area contributed by atoms with Crippen LogP contribution >= 0.6 is 0 Å². The largest absolute Gasteiger partial charge is 0.388 e. The number of nitrogens with zero attached hydrogens (tertiary/aromatic N) is 2. The standard InChI is InChI=1S/C20H24FN3O2/c1-14-10-17(22-2)12-18(23-14)19-13-24(8-9-26-19)20(25)7-6-15-4-3-5-16(21)11-15/h3-5,10-12,19H,6-9,13H2,1-2H3,(H,22,23). The number of aromatic nitrogens is 1. The van der Waals surface area contributed by atoms with Crippen molar-refractivity contribution < 1.29 is 13.9 Å². The molecule has 1 fully saturated rings. The van der Waals surface area contributed by atoms with Gasteiger partial charge < -0.3 is 15.0 Å². The van der Waals surface area contributed by atoms with E-state index in [1.807, 2.05) is 37.1 Å². The second-order valence-corrected chi connectivity index (χ2v) is 6.50. The maximum atomic E-state index is 13.3. The molecule has 0 bridgehead atoms. The Balaban J connectivity index is 1.62. The van der Waals surface area contributed by atoms with E-state index in [1.54, 1.807) is 6.07 Å². The number of aryl methyl sites for hydroxylation is 2. The molecule has 138 valence electrons. The molecule has 1 aromatic carbocycles. The molecule has 1 aliphatic heterocycles. The SMILES string of the molecule is CNc1cc(C)nc(C2CN(C(=O)CCc3cccc(F)c3)CCO2)c1. The van der Waals surface area contributed by atoms with Crippen LogP contribution in [0.4, 0.5) is 10.1 Å². The zero-order valence-corrected chi connectivity index (χ0v) is 15.2. The third-order valence-electron chi connectivity index (χ3n) is 4.53. The van der Waals surface area contributed by atoms with Crippen molar-refractivity contribution in [3.63, 3.8) is 0 Å². The zero-order chi connectivity index (χ0) is 18.5. The highest BCUT2D eigenvalue weighted by atomic mass is 19.1. The Kier molecular flexibility index (Phi) is 5.83. The van der Waals surface area contributed by atoms with Crippen LogP contribution in [0.25, 0.3) is 0 Å². The number of benzene rings is 1. The molecule has 1 aromatic heterocycles. The Morgan fingerprint density at radius 2 is 2.23 bits per heavy atom. The predicted octanol–water partition coefficient (Wildman–Crippen LogP) is 3.10. The van der Waals surface area contributed by atoms with Gasteiger partial charge in [0.15, 0.2) is 0 Å². The quantitative estimate of drug-likeness (QED) is 0.893. The minimum Gasteiger partial charge on any atom is -0.388 e. The van der Waals surface area contributed by atoms with E-state index in [0.29, 0.717) is 32.5 Å². The summed E-state index contributed by atoms with van der Waals surface area (Å²) in [5, 5.41) is 3.12. The van der Waals surface area contributed by atoms with Crippen molar-refractivity contribution in [2.75, 3.05) is 32.1 Å². The molecule has 26 heavy (non-hydrogen) atoms. The van der Waals surface area contributed by atoms with Crippen molar-refractivity contribution in [3.8, 4) is 0 Å². The highest BCUT2D eigenvalue weighted by Gasteiger charge is 2.26. The summed E-state index contributed by atoms with van der Waals surface area (Å²) in [6, 6.07) is 10.3. The fourth-order valence-electron chi connectivity index (χ4n) is 3.16. The smallest absolute Gasteiger partial charge is 0.223 e. The van der Waals surface area contributed by atoms with Crippen LogP contribution in [0, 0.1) is 12.7 Å². The minimum atomic E-state index is -0.271. The number of amides is 1. The summed E-state index contributed by atoms with van der Waals surface area (Å²) in [5.41, 5.74) is 3.55. The van der Waals surface area contributed by atoms with Gasteiger partial charge in [0, 0.05) is 31.4 Å². The van der Waals surface area contributed by atoms with Gasteiger partial charge in [-0.15, -0.1) is 0 Å². The molecule has 1 N–H and O–H groups in total. The van der Waals surface area contributed by atoms with Crippen molar-refractivity contribution in [1.82, 2.24) is 9.88 Å². The summed E-state index contributed by atoms with van der Waals surface area (Å²) in [4.78, 5) is 18.9. The average Bonchev–Trinajstić information content (AvgIpc) is 2.65. The second kappa shape index (κ2) is 8.27. The lowest BCUT2D eigenvalue weighted by atomic mass is 10.1. The van der Waals surface area contributed by atoms with Crippen LogP contribution in [-0.4, -0.2) is 42.5 Å². The summed E-state index contributed by atoms with van der Waals surface area (Å²) < 4.78 is 19.1. The Morgan fingerprint density at radius 1 is 1.38 bits per heavy atom. The summed E-state index contributed by atoms with van der Waals surface area (Å²) in [6.45, 7) is 3.49. The third kappa shape index (κ3) is 4.58. The van der Waals surface area contributed by atoms with Gasteiger partial charge in [-0.3, -0.25) is 9.78 Å². The first-order chi connectivity index (χ1) is 12.5. The van der Waals surface area contributed by atoms with E-state index in [9.17, 15) is 9.18 Å². The van der Waals surface area contributed by atoms with Crippen LogP contribution in [0.15, 0.2) is 36.4 Å². The number of hydrogen-bond acceptors (Lipinski definition) is 4. The zero-order valence-electron chi connectivity index (χ0n) is 15.2. The number of hydrogen-bond donors (Lipinski definition) is 1. The number of anilines is 1. The van der Waals surface area contributed by atoms with Crippen molar-refractivity contribution in [1.29, 1.82) is 0 Å². The Morgan fingerprint density at radius 3 is 3.00 bits per heavy atom. The van der Waals surface area contributed by atoms with Crippen molar-refractivity contribution in [2.24, 2.45) is 0 Å². The van der Waals surface area contributed by atoms with E-state index in [0.717, 1.165) is 22.6 Å². The summed E-state index contributed by atoms with van der Waals surface area (Å²) in [7, 11) is 1.86. The van der Waals surface area contributed by atoms with E-state index < -0.39 is 0 Å². The first-order valence-corrected chi connectivity index (χ1v) is 8.85. The Bertz CT molecular complexity index is 781. The fraction of sp³-hybridized carbons (Fsp3) is 0.400. The van der Waals surface area contributed by atoms with E-state index in [2.05, 4.69) is 10.3 Å². The molecule has 1 saturated heterocycles. The molecule has 1 aliphatic rings. The summed E-state index contributed by atoms with van der Waals surface area (Å²) in [5.74, 6) is -0.212. The lowest BCUT2D eigenvalue weighted by molar-refractivity contribution is -0.139. The number of nitrogens with one attached hydrogen (secondary N) is 1. The number of morpholine rings is 1. The van der Waals surface area contributed by atoms with Gasteiger partial charge in [0.25, 0.3) is 0 Å². The Hall–Kier alpha value is -2.47. The molecular weight excluding hydrogens is 333 g/mol. The topological polar surface area (TPSA) is 54.5 Å². The highest BCUT2D eigenvalue weighted by Crippen LogP contribution is 2.24. The number of carbonyl (C=O) groups is 1.